The molecule has 0 saturated carbocycles. The van der Waals surface area contributed by atoms with E-state index in [9.17, 15) is 5.11 Å². The number of halogens is 1. The van der Waals surface area contributed by atoms with E-state index in [2.05, 4.69) is 43.4 Å². The second-order valence-corrected chi connectivity index (χ2v) is 5.40. The van der Waals surface area contributed by atoms with Crippen LogP contribution in [0.3, 0.4) is 0 Å². The van der Waals surface area contributed by atoms with E-state index in [1.54, 1.807) is 0 Å². The monoisotopic (exact) mass is 310 g/mol. The molecule has 0 fully saturated rings. The average Bonchev–Trinajstić information content (AvgIpc) is 2.14. The second kappa shape index (κ2) is 8.72. The minimum atomic E-state index is -0.242. The van der Waals surface area contributed by atoms with Gasteiger partial charge in [0.1, 0.15) is 0 Å². The highest BCUT2D eigenvalue weighted by Gasteiger charge is 2.07. The van der Waals surface area contributed by atoms with Crippen LogP contribution in [0, 0.1) is 5.92 Å². The topological polar surface area (TPSA) is 20.2 Å². The van der Waals surface area contributed by atoms with Crippen LogP contribution in [-0.2, 0) is 0 Å². The molecule has 14 heavy (non-hydrogen) atoms. The lowest BCUT2D eigenvalue weighted by molar-refractivity contribution is 0.187. The maximum Gasteiger partial charge on any atom is 0.0733 e. The van der Waals surface area contributed by atoms with Gasteiger partial charge in [-0.05, 0) is 51.0 Å². The maximum absolute atomic E-state index is 9.74. The molecule has 84 valence electrons. The van der Waals surface area contributed by atoms with E-state index < -0.39 is 0 Å². The summed E-state index contributed by atoms with van der Waals surface area (Å²) >= 11 is 2.30. The second-order valence-electron chi connectivity index (χ2n) is 4.02. The summed E-state index contributed by atoms with van der Waals surface area (Å²) in [6, 6.07) is 0. The Kier molecular flexibility index (Phi) is 8.98. The van der Waals surface area contributed by atoms with Gasteiger partial charge >= 0.3 is 0 Å². The van der Waals surface area contributed by atoms with Crippen LogP contribution in [0.5, 0.6) is 0 Å². The van der Waals surface area contributed by atoms with Crippen molar-refractivity contribution < 1.29 is 5.11 Å². The summed E-state index contributed by atoms with van der Waals surface area (Å²) in [5, 5.41) is 9.74. The van der Waals surface area contributed by atoms with Crippen LogP contribution in [0.1, 0.15) is 52.9 Å². The van der Waals surface area contributed by atoms with Crippen molar-refractivity contribution in [3.63, 3.8) is 0 Å². The van der Waals surface area contributed by atoms with Gasteiger partial charge in [-0.15, -0.1) is 0 Å². The van der Waals surface area contributed by atoms with Gasteiger partial charge in [0, 0.05) is 0 Å². The van der Waals surface area contributed by atoms with Crippen molar-refractivity contribution in [2.24, 2.45) is 5.92 Å². The molecule has 0 saturated heterocycles. The van der Waals surface area contributed by atoms with Crippen LogP contribution in [0.25, 0.3) is 0 Å². The Hall–Kier alpha value is 0.430. The van der Waals surface area contributed by atoms with Gasteiger partial charge in [-0.3, -0.25) is 0 Å². The first kappa shape index (κ1) is 14.4. The molecule has 2 unspecified atom stereocenters. The van der Waals surface area contributed by atoms with E-state index in [0.717, 1.165) is 12.8 Å². The molecular weight excluding hydrogens is 287 g/mol. The summed E-state index contributed by atoms with van der Waals surface area (Å²) in [6.07, 6.45) is 7.46. The fourth-order valence-corrected chi connectivity index (χ4v) is 1.89. The van der Waals surface area contributed by atoms with E-state index in [1.165, 1.54) is 22.8 Å². The zero-order valence-electron chi connectivity index (χ0n) is 9.59. The first-order valence-corrected chi connectivity index (χ1v) is 6.72. The molecule has 1 N–H and O–H groups in total. The number of aliphatic hydroxyl groups is 1. The zero-order chi connectivity index (χ0) is 11.0. The number of hydrogen-bond donors (Lipinski definition) is 1. The smallest absolute Gasteiger partial charge is 0.0733 e. The van der Waals surface area contributed by atoms with Crippen LogP contribution < -0.4 is 0 Å². The lowest BCUT2D eigenvalue weighted by atomic mass is 9.97. The molecule has 1 nitrogen and oxygen atoms in total. The standard InChI is InChI=1S/C12H23IO/c1-4-6-7-10(3)8-12(14)9-11(13)5-2/h9-10,12,14H,4-8H2,1-3H3/b11-9-. The van der Waals surface area contributed by atoms with Gasteiger partial charge in [0.15, 0.2) is 0 Å². The van der Waals surface area contributed by atoms with Gasteiger partial charge in [-0.25, -0.2) is 0 Å². The van der Waals surface area contributed by atoms with Gasteiger partial charge in [0.25, 0.3) is 0 Å². The summed E-state index contributed by atoms with van der Waals surface area (Å²) in [5.74, 6) is 0.641. The third kappa shape index (κ3) is 7.80. The van der Waals surface area contributed by atoms with Crippen molar-refractivity contribution in [1.29, 1.82) is 0 Å². The number of hydrogen-bond acceptors (Lipinski definition) is 1. The van der Waals surface area contributed by atoms with Crippen molar-refractivity contribution in [2.45, 2.75) is 59.0 Å². The summed E-state index contributed by atoms with van der Waals surface area (Å²) < 4.78 is 1.26. The van der Waals surface area contributed by atoms with E-state index >= 15 is 0 Å². The molecule has 0 amide bonds. The quantitative estimate of drug-likeness (QED) is 0.695. The Morgan fingerprint density at radius 1 is 1.43 bits per heavy atom. The molecule has 0 aromatic heterocycles. The molecule has 0 aliphatic carbocycles. The normalized spacial score (nSPS) is 16.8. The first-order chi connectivity index (χ1) is 6.60. The zero-order valence-corrected chi connectivity index (χ0v) is 11.8. The largest absolute Gasteiger partial charge is 0.389 e. The van der Waals surface area contributed by atoms with E-state index in [4.69, 9.17) is 0 Å². The minimum absolute atomic E-state index is 0.242. The molecule has 2 heteroatoms. The highest BCUT2D eigenvalue weighted by molar-refractivity contribution is 14.1. The van der Waals surface area contributed by atoms with Crippen molar-refractivity contribution in [3.05, 3.63) is 9.66 Å². The summed E-state index contributed by atoms with van der Waals surface area (Å²) in [5.41, 5.74) is 0. The Labute approximate surface area is 102 Å². The van der Waals surface area contributed by atoms with Crippen molar-refractivity contribution in [3.8, 4) is 0 Å². The number of allylic oxidation sites excluding steroid dienone is 1. The van der Waals surface area contributed by atoms with Crippen molar-refractivity contribution in [2.75, 3.05) is 0 Å². The van der Waals surface area contributed by atoms with Gasteiger partial charge in [0.2, 0.25) is 0 Å². The predicted octanol–water partition coefficient (Wildman–Crippen LogP) is 4.29. The Morgan fingerprint density at radius 3 is 2.57 bits per heavy atom. The Bertz CT molecular complexity index is 166. The molecular formula is C12H23IO. The van der Waals surface area contributed by atoms with Gasteiger partial charge in [-0.2, -0.15) is 0 Å². The van der Waals surface area contributed by atoms with Gasteiger partial charge < -0.3 is 5.11 Å². The molecule has 0 heterocycles. The van der Waals surface area contributed by atoms with Crippen LogP contribution in [0.2, 0.25) is 0 Å². The third-order valence-corrected chi connectivity index (χ3v) is 3.53. The molecule has 0 rings (SSSR count). The minimum Gasteiger partial charge on any atom is -0.389 e. The van der Waals surface area contributed by atoms with Crippen LogP contribution in [0.4, 0.5) is 0 Å². The molecule has 2 atom stereocenters. The predicted molar refractivity (Wildman–Crippen MR) is 71.7 cm³/mol. The summed E-state index contributed by atoms with van der Waals surface area (Å²) in [7, 11) is 0. The Morgan fingerprint density at radius 2 is 2.07 bits per heavy atom. The third-order valence-electron chi connectivity index (χ3n) is 2.41. The average molecular weight is 310 g/mol. The van der Waals surface area contributed by atoms with Crippen LogP contribution in [-0.4, -0.2) is 11.2 Å². The molecule has 0 radical (unpaired) electrons. The molecule has 0 aliphatic heterocycles. The molecule has 0 bridgehead atoms. The van der Waals surface area contributed by atoms with E-state index in [-0.39, 0.29) is 6.10 Å². The van der Waals surface area contributed by atoms with Crippen LogP contribution in [0.15, 0.2) is 9.66 Å². The van der Waals surface area contributed by atoms with Crippen LogP contribution >= 0.6 is 22.6 Å². The van der Waals surface area contributed by atoms with Crippen molar-refractivity contribution in [1.82, 2.24) is 0 Å². The van der Waals surface area contributed by atoms with Gasteiger partial charge in [0.05, 0.1) is 6.10 Å². The van der Waals surface area contributed by atoms with E-state index in [1.807, 2.05) is 6.08 Å². The molecule has 0 spiro atoms. The summed E-state index contributed by atoms with van der Waals surface area (Å²) in [6.45, 7) is 6.56. The lowest BCUT2D eigenvalue weighted by Crippen LogP contribution is -2.09. The first-order valence-electron chi connectivity index (χ1n) is 5.64. The number of rotatable bonds is 7. The molecule has 0 aromatic rings. The highest BCUT2D eigenvalue weighted by Crippen LogP contribution is 2.18. The van der Waals surface area contributed by atoms with E-state index in [0.29, 0.717) is 5.92 Å². The lowest BCUT2D eigenvalue weighted by Gasteiger charge is -2.13. The maximum atomic E-state index is 9.74. The molecule has 0 aromatic carbocycles. The Balaban J connectivity index is 3.75. The van der Waals surface area contributed by atoms with Gasteiger partial charge in [-0.1, -0.05) is 40.0 Å². The SMILES string of the molecule is CCCCC(C)CC(O)/C=C(\I)CC. The highest BCUT2D eigenvalue weighted by atomic mass is 127. The summed E-state index contributed by atoms with van der Waals surface area (Å²) in [4.78, 5) is 0. The van der Waals surface area contributed by atoms with Crippen molar-refractivity contribution >= 4 is 22.6 Å². The number of unbranched alkanes of at least 4 members (excludes halogenated alkanes) is 1. The number of aliphatic hydroxyl groups excluding tert-OH is 1. The fourth-order valence-electron chi connectivity index (χ4n) is 1.48. The molecule has 0 aliphatic rings. The fraction of sp³-hybridized carbons (Fsp3) is 0.833.